The van der Waals surface area contributed by atoms with Crippen molar-refractivity contribution >= 4 is 29.4 Å². The number of carbonyl (C=O) groups is 2. The standard InChI is InChI=1S/C21H28N4O4S/c1-5-14-9-6-7-10-15(14)22-17(26)13-30-19-24-23-18(28-19)16-11-8-12-25(16)20(27)29-21(2,3)4/h6-7,9-10,16H,5,8,11-13H2,1-4H3,(H,22,26)/t16-/m0/s1. The van der Waals surface area contributed by atoms with Crippen LogP contribution in [0.3, 0.4) is 0 Å². The van der Waals surface area contributed by atoms with E-state index in [0.717, 1.165) is 30.5 Å². The summed E-state index contributed by atoms with van der Waals surface area (Å²) in [4.78, 5) is 26.4. The smallest absolute Gasteiger partial charge is 0.410 e. The van der Waals surface area contributed by atoms with Gasteiger partial charge in [-0.1, -0.05) is 36.9 Å². The summed E-state index contributed by atoms with van der Waals surface area (Å²) in [5.74, 6) is 0.384. The van der Waals surface area contributed by atoms with Gasteiger partial charge in [-0.15, -0.1) is 10.2 Å². The summed E-state index contributed by atoms with van der Waals surface area (Å²) >= 11 is 1.17. The number of hydrogen-bond donors (Lipinski definition) is 1. The fourth-order valence-corrected chi connectivity index (χ4v) is 3.81. The number of aromatic nitrogens is 2. The molecule has 1 aliphatic rings. The summed E-state index contributed by atoms with van der Waals surface area (Å²) in [5.41, 5.74) is 1.33. The predicted octanol–water partition coefficient (Wildman–Crippen LogP) is 4.43. The minimum atomic E-state index is -0.566. The maximum atomic E-state index is 12.4. The molecule has 1 fully saturated rings. The molecule has 30 heavy (non-hydrogen) atoms. The minimum absolute atomic E-state index is 0.142. The number of anilines is 1. The summed E-state index contributed by atoms with van der Waals surface area (Å²) in [5, 5.41) is 11.4. The SMILES string of the molecule is CCc1ccccc1NC(=O)CSc1nnc([C@@H]2CCCN2C(=O)OC(C)(C)C)o1. The van der Waals surface area contributed by atoms with Crippen molar-refractivity contribution in [3.05, 3.63) is 35.7 Å². The number of benzene rings is 1. The average Bonchev–Trinajstić information content (AvgIpc) is 3.34. The highest BCUT2D eigenvalue weighted by atomic mass is 32.2. The topological polar surface area (TPSA) is 97.6 Å². The lowest BCUT2D eigenvalue weighted by atomic mass is 10.1. The zero-order valence-corrected chi connectivity index (χ0v) is 18.6. The zero-order valence-electron chi connectivity index (χ0n) is 17.8. The van der Waals surface area contributed by atoms with Crippen LogP contribution < -0.4 is 5.32 Å². The van der Waals surface area contributed by atoms with E-state index in [9.17, 15) is 9.59 Å². The number of rotatable bonds is 6. The Morgan fingerprint density at radius 1 is 1.30 bits per heavy atom. The summed E-state index contributed by atoms with van der Waals surface area (Å²) in [6, 6.07) is 7.42. The molecular formula is C21H28N4O4S. The lowest BCUT2D eigenvalue weighted by molar-refractivity contribution is -0.113. The molecule has 1 N–H and O–H groups in total. The van der Waals surface area contributed by atoms with Crippen LogP contribution >= 0.6 is 11.8 Å². The van der Waals surface area contributed by atoms with Gasteiger partial charge in [-0.3, -0.25) is 9.69 Å². The van der Waals surface area contributed by atoms with Gasteiger partial charge in [0.25, 0.3) is 5.22 Å². The Morgan fingerprint density at radius 3 is 2.80 bits per heavy atom. The highest BCUT2D eigenvalue weighted by molar-refractivity contribution is 7.99. The van der Waals surface area contributed by atoms with Crippen molar-refractivity contribution in [2.75, 3.05) is 17.6 Å². The van der Waals surface area contributed by atoms with E-state index in [2.05, 4.69) is 15.5 Å². The summed E-state index contributed by atoms with van der Waals surface area (Å²) in [6.07, 6.45) is 2.03. The van der Waals surface area contributed by atoms with Gasteiger partial charge in [0.15, 0.2) is 0 Å². The maximum absolute atomic E-state index is 12.4. The van der Waals surface area contributed by atoms with Gasteiger partial charge < -0.3 is 14.5 Å². The Balaban J connectivity index is 1.57. The minimum Gasteiger partial charge on any atom is -0.444 e. The number of amides is 2. The second kappa shape index (κ2) is 9.51. The number of nitrogens with zero attached hydrogens (tertiary/aromatic N) is 3. The average molecular weight is 433 g/mol. The van der Waals surface area contributed by atoms with Crippen molar-refractivity contribution in [1.82, 2.24) is 15.1 Å². The van der Waals surface area contributed by atoms with Crippen molar-refractivity contribution in [2.45, 2.75) is 63.8 Å². The van der Waals surface area contributed by atoms with Gasteiger partial charge in [0, 0.05) is 12.2 Å². The molecule has 0 spiro atoms. The Bertz CT molecular complexity index is 893. The molecule has 1 aliphatic heterocycles. The molecular weight excluding hydrogens is 404 g/mol. The molecule has 0 saturated carbocycles. The molecule has 0 bridgehead atoms. The van der Waals surface area contributed by atoms with Gasteiger partial charge in [0.05, 0.1) is 5.75 Å². The van der Waals surface area contributed by atoms with Gasteiger partial charge >= 0.3 is 6.09 Å². The Kier molecular flexibility index (Phi) is 7.02. The van der Waals surface area contributed by atoms with Crippen molar-refractivity contribution in [3.8, 4) is 0 Å². The van der Waals surface area contributed by atoms with Gasteiger partial charge in [0.1, 0.15) is 11.6 Å². The van der Waals surface area contributed by atoms with Crippen molar-refractivity contribution < 1.29 is 18.7 Å². The van der Waals surface area contributed by atoms with E-state index in [4.69, 9.17) is 9.15 Å². The van der Waals surface area contributed by atoms with Crippen LogP contribution in [0.2, 0.25) is 0 Å². The van der Waals surface area contributed by atoms with Crippen LogP contribution in [0.15, 0.2) is 33.9 Å². The molecule has 1 saturated heterocycles. The molecule has 8 nitrogen and oxygen atoms in total. The lowest BCUT2D eigenvalue weighted by Crippen LogP contribution is -2.36. The van der Waals surface area contributed by atoms with Crippen molar-refractivity contribution in [3.63, 3.8) is 0 Å². The molecule has 0 aliphatic carbocycles. The third kappa shape index (κ3) is 5.75. The molecule has 9 heteroatoms. The highest BCUT2D eigenvalue weighted by Gasteiger charge is 2.36. The van der Waals surface area contributed by atoms with Crippen molar-refractivity contribution in [1.29, 1.82) is 0 Å². The van der Waals surface area contributed by atoms with E-state index in [1.807, 2.05) is 52.0 Å². The summed E-state index contributed by atoms with van der Waals surface area (Å²) < 4.78 is 11.2. The highest BCUT2D eigenvalue weighted by Crippen LogP contribution is 2.33. The van der Waals surface area contributed by atoms with Crippen LogP contribution in [0.1, 0.15) is 58.0 Å². The van der Waals surface area contributed by atoms with Gasteiger partial charge in [-0.05, 0) is 51.7 Å². The van der Waals surface area contributed by atoms with Crippen LogP contribution in [0.25, 0.3) is 0 Å². The molecule has 1 aromatic carbocycles. The van der Waals surface area contributed by atoms with Gasteiger partial charge in [-0.25, -0.2) is 4.79 Å². The van der Waals surface area contributed by atoms with E-state index in [-0.39, 0.29) is 23.8 Å². The first kappa shape index (κ1) is 22.1. The third-order valence-electron chi connectivity index (χ3n) is 4.59. The molecule has 162 valence electrons. The molecule has 3 rings (SSSR count). The summed E-state index contributed by atoms with van der Waals surface area (Å²) in [7, 11) is 0. The second-order valence-electron chi connectivity index (χ2n) is 8.09. The third-order valence-corrected chi connectivity index (χ3v) is 5.41. The van der Waals surface area contributed by atoms with Crippen LogP contribution in [0, 0.1) is 0 Å². The molecule has 0 radical (unpaired) electrons. The maximum Gasteiger partial charge on any atom is 0.410 e. The fourth-order valence-electron chi connectivity index (χ4n) is 3.24. The first-order valence-corrected chi connectivity index (χ1v) is 11.1. The number of hydrogen-bond acceptors (Lipinski definition) is 7. The first-order valence-electron chi connectivity index (χ1n) is 10.1. The van der Waals surface area contributed by atoms with Crippen LogP contribution in [-0.4, -0.2) is 45.0 Å². The quantitative estimate of drug-likeness (QED) is 0.674. The molecule has 2 heterocycles. The molecule has 1 atom stereocenters. The molecule has 0 unspecified atom stereocenters. The number of aryl methyl sites for hydroxylation is 1. The summed E-state index contributed by atoms with van der Waals surface area (Å²) in [6.45, 7) is 8.14. The first-order chi connectivity index (χ1) is 14.3. The van der Waals surface area contributed by atoms with E-state index in [1.54, 1.807) is 4.90 Å². The van der Waals surface area contributed by atoms with Gasteiger partial charge in [0.2, 0.25) is 11.8 Å². The normalized spacial score (nSPS) is 16.5. The number of carbonyl (C=O) groups excluding carboxylic acids is 2. The predicted molar refractivity (Wildman–Crippen MR) is 114 cm³/mol. The monoisotopic (exact) mass is 432 g/mol. The molecule has 2 aromatic rings. The van der Waals surface area contributed by atoms with E-state index in [1.165, 1.54) is 11.8 Å². The number of likely N-dealkylation sites (tertiary alicyclic amines) is 1. The van der Waals surface area contributed by atoms with Crippen LogP contribution in [0.4, 0.5) is 10.5 Å². The van der Waals surface area contributed by atoms with Crippen molar-refractivity contribution in [2.24, 2.45) is 0 Å². The molecule has 2 amide bonds. The van der Waals surface area contributed by atoms with E-state index < -0.39 is 5.60 Å². The molecule has 1 aromatic heterocycles. The van der Waals surface area contributed by atoms with E-state index >= 15 is 0 Å². The van der Waals surface area contributed by atoms with E-state index in [0.29, 0.717) is 17.7 Å². The van der Waals surface area contributed by atoms with Crippen LogP contribution in [-0.2, 0) is 16.0 Å². The van der Waals surface area contributed by atoms with Gasteiger partial charge in [-0.2, -0.15) is 0 Å². The number of thioether (sulfide) groups is 1. The lowest BCUT2D eigenvalue weighted by Gasteiger charge is -2.27. The fraction of sp³-hybridized carbons (Fsp3) is 0.524. The zero-order chi connectivity index (χ0) is 21.7. The Labute approximate surface area is 180 Å². The largest absolute Gasteiger partial charge is 0.444 e. The van der Waals surface area contributed by atoms with Crippen LogP contribution in [0.5, 0.6) is 0 Å². The Hall–Kier alpha value is -2.55. The number of para-hydroxylation sites is 1. The number of ether oxygens (including phenoxy) is 1. The Morgan fingerprint density at radius 2 is 2.07 bits per heavy atom. The second-order valence-corrected chi connectivity index (χ2v) is 9.01. The number of nitrogens with one attached hydrogen (secondary N) is 1.